The Kier molecular flexibility index (Phi) is 4.27. The van der Waals surface area contributed by atoms with Crippen molar-refractivity contribution >= 4 is 21.7 Å². The van der Waals surface area contributed by atoms with Crippen LogP contribution in [0.1, 0.15) is 24.2 Å². The van der Waals surface area contributed by atoms with Crippen LogP contribution in [-0.4, -0.2) is 29.4 Å². The van der Waals surface area contributed by atoms with E-state index >= 15 is 0 Å². The molecule has 4 nitrogen and oxygen atoms in total. The molecule has 0 radical (unpaired) electrons. The molecular formula is C14H14BrFO4. The number of carbonyl (C=O) groups excluding carboxylic acids is 1. The molecule has 0 amide bonds. The Labute approximate surface area is 124 Å². The summed E-state index contributed by atoms with van der Waals surface area (Å²) in [7, 11) is 0. The molecule has 2 rings (SSSR count). The molecule has 1 aliphatic rings. The van der Waals surface area contributed by atoms with Crippen molar-refractivity contribution in [3.8, 4) is 5.75 Å². The van der Waals surface area contributed by atoms with Gasteiger partial charge < -0.3 is 14.6 Å². The molecule has 0 aromatic heterocycles. The van der Waals surface area contributed by atoms with Gasteiger partial charge in [0.25, 0.3) is 0 Å². The minimum absolute atomic E-state index is 0.0210. The molecule has 1 atom stereocenters. The third-order valence-electron chi connectivity index (χ3n) is 2.80. The minimum atomic E-state index is -0.668. The zero-order valence-electron chi connectivity index (χ0n) is 11.0. The molecule has 108 valence electrons. The molecule has 0 aliphatic carbocycles. The fourth-order valence-electron chi connectivity index (χ4n) is 1.83. The number of rotatable bonds is 3. The van der Waals surface area contributed by atoms with Crippen molar-refractivity contribution < 1.29 is 23.8 Å². The maximum Gasteiger partial charge on any atom is 0.189 e. The van der Waals surface area contributed by atoms with E-state index in [1.54, 1.807) is 19.9 Å². The lowest BCUT2D eigenvalue weighted by Gasteiger charge is -2.15. The van der Waals surface area contributed by atoms with Gasteiger partial charge in [0.1, 0.15) is 17.7 Å². The van der Waals surface area contributed by atoms with Crippen LogP contribution in [0.4, 0.5) is 4.39 Å². The molecule has 1 aromatic rings. The van der Waals surface area contributed by atoms with Gasteiger partial charge >= 0.3 is 0 Å². The van der Waals surface area contributed by atoms with Gasteiger partial charge in [0, 0.05) is 6.07 Å². The van der Waals surface area contributed by atoms with Crippen molar-refractivity contribution in [1.29, 1.82) is 0 Å². The van der Waals surface area contributed by atoms with Gasteiger partial charge in [-0.25, -0.2) is 4.39 Å². The highest BCUT2D eigenvalue weighted by Crippen LogP contribution is 2.27. The second-order valence-electron chi connectivity index (χ2n) is 4.87. The normalized spacial score (nSPS) is 21.5. The van der Waals surface area contributed by atoms with Crippen LogP contribution in [0.25, 0.3) is 0 Å². The Morgan fingerprint density at radius 2 is 2.25 bits per heavy atom. The number of carbonyl (C=O) groups is 1. The van der Waals surface area contributed by atoms with Crippen LogP contribution in [0.5, 0.6) is 5.75 Å². The Bertz CT molecular complexity index is 569. The number of allylic oxidation sites excluding steroid dienone is 1. The summed E-state index contributed by atoms with van der Waals surface area (Å²) in [6.07, 6.45) is 2.53. The number of hydrogen-bond acceptors (Lipinski definition) is 4. The molecule has 20 heavy (non-hydrogen) atoms. The number of aromatic hydroxyl groups is 1. The van der Waals surface area contributed by atoms with E-state index < -0.39 is 23.1 Å². The molecule has 1 N–H and O–H groups in total. The number of ketones is 1. The van der Waals surface area contributed by atoms with Crippen molar-refractivity contribution in [1.82, 2.24) is 0 Å². The first-order valence-corrected chi connectivity index (χ1v) is 6.80. The van der Waals surface area contributed by atoms with E-state index in [1.807, 2.05) is 0 Å². The molecule has 1 saturated heterocycles. The van der Waals surface area contributed by atoms with Crippen molar-refractivity contribution in [3.05, 3.63) is 40.1 Å². The highest BCUT2D eigenvalue weighted by molar-refractivity contribution is 9.10. The van der Waals surface area contributed by atoms with Crippen LogP contribution >= 0.6 is 15.9 Å². The molecular weight excluding hydrogens is 331 g/mol. The summed E-state index contributed by atoms with van der Waals surface area (Å²) in [5, 5.41) is 9.59. The topological polar surface area (TPSA) is 55.8 Å². The summed E-state index contributed by atoms with van der Waals surface area (Å²) in [5.41, 5.74) is 0.0210. The summed E-state index contributed by atoms with van der Waals surface area (Å²) < 4.78 is 24.2. The highest BCUT2D eigenvalue weighted by atomic mass is 79.9. The summed E-state index contributed by atoms with van der Waals surface area (Å²) >= 11 is 2.97. The third kappa shape index (κ3) is 3.45. The molecule has 0 unspecified atom stereocenters. The van der Waals surface area contributed by atoms with Crippen LogP contribution in [0.2, 0.25) is 0 Å². The first-order chi connectivity index (χ1) is 9.28. The van der Waals surface area contributed by atoms with Gasteiger partial charge in [0.05, 0.1) is 16.6 Å². The first kappa shape index (κ1) is 15.2. The maximum absolute atomic E-state index is 13.2. The molecule has 1 aromatic carbocycles. The maximum atomic E-state index is 13.2. The van der Waals surface area contributed by atoms with E-state index in [-0.39, 0.29) is 16.1 Å². The lowest BCUT2D eigenvalue weighted by molar-refractivity contribution is -0.133. The Hall–Kier alpha value is -1.24. The fraction of sp³-hybridized carbons (Fsp3) is 0.357. The highest BCUT2D eigenvalue weighted by Gasteiger charge is 2.31. The van der Waals surface area contributed by atoms with Crippen molar-refractivity contribution in [2.24, 2.45) is 0 Å². The standard InChI is InChI=1S/C14H14BrFO4/c1-14(2)19-7-8(20-14)3-4-12(17)9-5-10(15)11(16)6-13(9)18/h3-6,8,18H,7H2,1-2H3/b4-3+/t8-/m1/s1. The number of ether oxygens (including phenoxy) is 2. The first-order valence-electron chi connectivity index (χ1n) is 6.01. The lowest BCUT2D eigenvalue weighted by Crippen LogP contribution is -2.20. The summed E-state index contributed by atoms with van der Waals surface area (Å²) in [5.74, 6) is -2.13. The molecule has 0 saturated carbocycles. The largest absolute Gasteiger partial charge is 0.507 e. The smallest absolute Gasteiger partial charge is 0.189 e. The Balaban J connectivity index is 2.11. The third-order valence-corrected chi connectivity index (χ3v) is 3.40. The van der Waals surface area contributed by atoms with Gasteiger partial charge in [-0.1, -0.05) is 0 Å². The van der Waals surface area contributed by atoms with Crippen LogP contribution < -0.4 is 0 Å². The Morgan fingerprint density at radius 1 is 1.55 bits per heavy atom. The van der Waals surface area contributed by atoms with Crippen molar-refractivity contribution in [3.63, 3.8) is 0 Å². The zero-order valence-corrected chi connectivity index (χ0v) is 12.6. The lowest BCUT2D eigenvalue weighted by atomic mass is 10.1. The van der Waals surface area contributed by atoms with Gasteiger partial charge in [0.15, 0.2) is 11.6 Å². The van der Waals surface area contributed by atoms with E-state index in [2.05, 4.69) is 15.9 Å². The number of phenolic OH excluding ortho intramolecular Hbond substituents is 1. The predicted octanol–water partition coefficient (Wildman–Crippen LogP) is 3.18. The van der Waals surface area contributed by atoms with E-state index in [9.17, 15) is 14.3 Å². The second-order valence-corrected chi connectivity index (χ2v) is 5.73. The number of halogens is 2. The second kappa shape index (κ2) is 5.63. The van der Waals surface area contributed by atoms with Crippen LogP contribution in [0.15, 0.2) is 28.8 Å². The predicted molar refractivity (Wildman–Crippen MR) is 74.1 cm³/mol. The molecule has 0 spiro atoms. The van der Waals surface area contributed by atoms with Crippen LogP contribution in [0.3, 0.4) is 0 Å². The van der Waals surface area contributed by atoms with Crippen molar-refractivity contribution in [2.45, 2.75) is 25.7 Å². The SMILES string of the molecule is CC1(C)OC[C@@H](/C=C/C(=O)c2cc(Br)c(F)cc2O)O1. The van der Waals surface area contributed by atoms with Crippen LogP contribution in [0, 0.1) is 5.82 Å². The quantitative estimate of drug-likeness (QED) is 0.675. The molecule has 0 bridgehead atoms. The zero-order chi connectivity index (χ0) is 14.9. The van der Waals surface area contributed by atoms with E-state index in [4.69, 9.17) is 9.47 Å². The molecule has 1 heterocycles. The fourth-order valence-corrected chi connectivity index (χ4v) is 2.17. The summed E-state index contributed by atoms with van der Waals surface area (Å²) in [4.78, 5) is 12.0. The van der Waals surface area contributed by atoms with Gasteiger partial charge in [-0.05, 0) is 48.0 Å². The van der Waals surface area contributed by atoms with Gasteiger partial charge in [-0.15, -0.1) is 0 Å². The minimum Gasteiger partial charge on any atom is -0.507 e. The molecule has 6 heteroatoms. The molecule has 1 fully saturated rings. The average molecular weight is 345 g/mol. The number of hydrogen-bond donors (Lipinski definition) is 1. The van der Waals surface area contributed by atoms with Gasteiger partial charge in [0.2, 0.25) is 0 Å². The summed E-state index contributed by atoms with van der Waals surface area (Å²) in [6.45, 7) is 3.92. The number of benzene rings is 1. The van der Waals surface area contributed by atoms with Gasteiger partial charge in [-0.3, -0.25) is 4.79 Å². The van der Waals surface area contributed by atoms with Gasteiger partial charge in [-0.2, -0.15) is 0 Å². The number of phenols is 1. The van der Waals surface area contributed by atoms with E-state index in [0.717, 1.165) is 6.07 Å². The monoisotopic (exact) mass is 344 g/mol. The van der Waals surface area contributed by atoms with E-state index in [0.29, 0.717) is 6.61 Å². The van der Waals surface area contributed by atoms with Crippen LogP contribution in [-0.2, 0) is 9.47 Å². The van der Waals surface area contributed by atoms with Crippen molar-refractivity contribution in [2.75, 3.05) is 6.61 Å². The average Bonchev–Trinajstić information content (AvgIpc) is 2.70. The molecule has 1 aliphatic heterocycles. The summed E-state index contributed by atoms with van der Waals surface area (Å²) in [6, 6.07) is 2.14. The van der Waals surface area contributed by atoms with E-state index in [1.165, 1.54) is 12.1 Å². The Morgan fingerprint density at radius 3 is 2.85 bits per heavy atom.